The highest BCUT2D eigenvalue weighted by atomic mass is 32.2. The van der Waals surface area contributed by atoms with Gasteiger partial charge in [-0.3, -0.25) is 11.3 Å². The first-order valence-electron chi connectivity index (χ1n) is 7.13. The van der Waals surface area contributed by atoms with Gasteiger partial charge in [-0.15, -0.1) is 11.8 Å². The van der Waals surface area contributed by atoms with E-state index in [1.54, 1.807) is 7.11 Å². The molecule has 2 atom stereocenters. The lowest BCUT2D eigenvalue weighted by Gasteiger charge is -2.24. The maximum Gasteiger partial charge on any atom is 0.122 e. The summed E-state index contributed by atoms with van der Waals surface area (Å²) in [5.41, 5.74) is 5.61. The third-order valence-corrected chi connectivity index (χ3v) is 5.28. The van der Waals surface area contributed by atoms with Crippen LogP contribution in [0.2, 0.25) is 0 Å². The van der Waals surface area contributed by atoms with Crippen molar-refractivity contribution in [3.8, 4) is 5.75 Å². The molecule has 4 heteroatoms. The Hall–Kier alpha value is -1.49. The van der Waals surface area contributed by atoms with E-state index in [4.69, 9.17) is 10.6 Å². The van der Waals surface area contributed by atoms with Crippen molar-refractivity contribution in [2.24, 2.45) is 5.84 Å². The van der Waals surface area contributed by atoms with E-state index in [0.717, 1.165) is 17.9 Å². The minimum absolute atomic E-state index is 0.206. The topological polar surface area (TPSA) is 47.3 Å². The summed E-state index contributed by atoms with van der Waals surface area (Å²) in [6.07, 6.45) is 0.861. The first-order valence-corrected chi connectivity index (χ1v) is 8.11. The molecule has 0 fully saturated rings. The summed E-state index contributed by atoms with van der Waals surface area (Å²) >= 11 is 1.91. The number of ether oxygens (including phenoxy) is 1. The quantitative estimate of drug-likeness (QED) is 0.658. The van der Waals surface area contributed by atoms with E-state index in [-0.39, 0.29) is 6.04 Å². The third kappa shape index (κ3) is 2.93. The van der Waals surface area contributed by atoms with Crippen LogP contribution in [0.5, 0.6) is 5.75 Å². The Labute approximate surface area is 129 Å². The highest BCUT2D eigenvalue weighted by molar-refractivity contribution is 7.99. The molecule has 2 unspecified atom stereocenters. The molecule has 21 heavy (non-hydrogen) atoms. The Balaban J connectivity index is 1.83. The lowest BCUT2D eigenvalue weighted by Crippen LogP contribution is -2.41. The number of nitrogens with two attached hydrogens (primary N) is 1. The molecule has 0 aromatic heterocycles. The van der Waals surface area contributed by atoms with Crippen LogP contribution in [0.25, 0.3) is 0 Å². The Morgan fingerprint density at radius 1 is 1.24 bits per heavy atom. The van der Waals surface area contributed by atoms with Crippen molar-refractivity contribution in [2.75, 3.05) is 12.9 Å². The number of benzene rings is 2. The average Bonchev–Trinajstić information content (AvgIpc) is 2.97. The van der Waals surface area contributed by atoms with Gasteiger partial charge in [-0.05, 0) is 29.7 Å². The van der Waals surface area contributed by atoms with Crippen LogP contribution in [0.1, 0.15) is 17.0 Å². The molecule has 0 saturated heterocycles. The molecule has 0 aliphatic carbocycles. The van der Waals surface area contributed by atoms with Crippen LogP contribution in [0.4, 0.5) is 0 Å². The molecule has 0 spiro atoms. The van der Waals surface area contributed by atoms with Gasteiger partial charge in [-0.25, -0.2) is 0 Å². The average molecular weight is 300 g/mol. The molecule has 0 bridgehead atoms. The highest BCUT2D eigenvalue weighted by Gasteiger charge is 2.30. The predicted octanol–water partition coefficient (Wildman–Crippen LogP) is 2.96. The molecule has 1 aliphatic heterocycles. The zero-order chi connectivity index (χ0) is 14.7. The molecule has 110 valence electrons. The van der Waals surface area contributed by atoms with Crippen LogP contribution >= 0.6 is 11.8 Å². The lowest BCUT2D eigenvalue weighted by atomic mass is 9.89. The molecule has 2 aromatic rings. The smallest absolute Gasteiger partial charge is 0.122 e. The summed E-state index contributed by atoms with van der Waals surface area (Å²) in [6.45, 7) is 0. The van der Waals surface area contributed by atoms with E-state index < -0.39 is 0 Å². The van der Waals surface area contributed by atoms with Crippen LogP contribution in [0.15, 0.2) is 53.4 Å². The van der Waals surface area contributed by atoms with Crippen molar-refractivity contribution in [3.63, 3.8) is 0 Å². The van der Waals surface area contributed by atoms with Gasteiger partial charge in [0.2, 0.25) is 0 Å². The molecule has 0 saturated carbocycles. The molecule has 3 nitrogen and oxygen atoms in total. The van der Waals surface area contributed by atoms with Gasteiger partial charge in [0.15, 0.2) is 0 Å². The van der Waals surface area contributed by atoms with Gasteiger partial charge in [0.25, 0.3) is 0 Å². The van der Waals surface area contributed by atoms with E-state index in [9.17, 15) is 0 Å². The fourth-order valence-electron chi connectivity index (χ4n) is 2.95. The molecule has 2 aromatic carbocycles. The molecular formula is C17H20N2OS. The Bertz CT molecular complexity index is 617. The fourth-order valence-corrected chi connectivity index (χ4v) is 4.28. The van der Waals surface area contributed by atoms with Crippen molar-refractivity contribution in [2.45, 2.75) is 23.3 Å². The first-order chi connectivity index (χ1) is 10.3. The van der Waals surface area contributed by atoms with Crippen LogP contribution in [0.3, 0.4) is 0 Å². The lowest BCUT2D eigenvalue weighted by molar-refractivity contribution is 0.400. The largest absolute Gasteiger partial charge is 0.496 e. The fraction of sp³-hybridized carbons (Fsp3) is 0.294. The number of nitrogens with one attached hydrogen (secondary N) is 1. The Morgan fingerprint density at radius 2 is 2.00 bits per heavy atom. The zero-order valence-corrected chi connectivity index (χ0v) is 12.9. The number of rotatable bonds is 5. The zero-order valence-electron chi connectivity index (χ0n) is 12.1. The van der Waals surface area contributed by atoms with E-state index in [0.29, 0.717) is 5.92 Å². The number of hydrogen-bond donors (Lipinski definition) is 2. The Morgan fingerprint density at radius 3 is 2.81 bits per heavy atom. The van der Waals surface area contributed by atoms with Crippen molar-refractivity contribution in [1.82, 2.24) is 5.43 Å². The summed E-state index contributed by atoms with van der Waals surface area (Å²) in [5.74, 6) is 8.28. The summed E-state index contributed by atoms with van der Waals surface area (Å²) in [7, 11) is 1.71. The van der Waals surface area contributed by atoms with Crippen molar-refractivity contribution in [1.29, 1.82) is 0 Å². The van der Waals surface area contributed by atoms with Crippen molar-refractivity contribution in [3.05, 3.63) is 59.7 Å². The molecule has 1 heterocycles. The monoisotopic (exact) mass is 300 g/mol. The standard InChI is InChI=1S/C17H20N2OS/c1-20-16-8-4-2-6-12(16)10-15(19-18)14-11-21-17-9-5-3-7-13(14)17/h2-9,14-15,19H,10-11,18H2,1H3. The second-order valence-corrected chi connectivity index (χ2v) is 6.31. The summed E-state index contributed by atoms with van der Waals surface area (Å²) in [5, 5.41) is 0. The molecule has 3 rings (SSSR count). The molecule has 1 aliphatic rings. The molecule has 3 N–H and O–H groups in total. The highest BCUT2D eigenvalue weighted by Crippen LogP contribution is 2.41. The van der Waals surface area contributed by atoms with Gasteiger partial charge in [-0.1, -0.05) is 36.4 Å². The first kappa shape index (κ1) is 14.4. The van der Waals surface area contributed by atoms with Gasteiger partial charge in [0.1, 0.15) is 5.75 Å². The van der Waals surface area contributed by atoms with Crippen LogP contribution < -0.4 is 16.0 Å². The second kappa shape index (κ2) is 6.52. The van der Waals surface area contributed by atoms with Gasteiger partial charge in [0.05, 0.1) is 7.11 Å². The van der Waals surface area contributed by atoms with E-state index in [1.165, 1.54) is 16.0 Å². The van der Waals surface area contributed by atoms with Gasteiger partial charge in [-0.2, -0.15) is 0 Å². The van der Waals surface area contributed by atoms with E-state index >= 15 is 0 Å². The van der Waals surface area contributed by atoms with Crippen LogP contribution in [0, 0.1) is 0 Å². The number of hydrazine groups is 1. The normalized spacial score (nSPS) is 18.3. The van der Waals surface area contributed by atoms with Crippen LogP contribution in [-0.2, 0) is 6.42 Å². The number of para-hydroxylation sites is 1. The molecule has 0 amide bonds. The number of hydrogen-bond acceptors (Lipinski definition) is 4. The maximum atomic E-state index is 5.85. The number of methoxy groups -OCH3 is 1. The van der Waals surface area contributed by atoms with Crippen molar-refractivity contribution >= 4 is 11.8 Å². The third-order valence-electron chi connectivity index (χ3n) is 4.07. The van der Waals surface area contributed by atoms with Gasteiger partial charge in [0, 0.05) is 22.6 Å². The minimum atomic E-state index is 0.206. The molecular weight excluding hydrogens is 280 g/mol. The van der Waals surface area contributed by atoms with Gasteiger partial charge >= 0.3 is 0 Å². The van der Waals surface area contributed by atoms with E-state index in [2.05, 4.69) is 35.8 Å². The summed E-state index contributed by atoms with van der Waals surface area (Å²) < 4.78 is 5.45. The SMILES string of the molecule is COc1ccccc1CC(NN)C1CSc2ccccc21. The van der Waals surface area contributed by atoms with Crippen molar-refractivity contribution < 1.29 is 4.74 Å². The summed E-state index contributed by atoms with van der Waals surface area (Å²) in [6, 6.07) is 17.0. The number of thioether (sulfide) groups is 1. The van der Waals surface area contributed by atoms with Gasteiger partial charge < -0.3 is 4.74 Å². The Kier molecular flexibility index (Phi) is 4.48. The number of fused-ring (bicyclic) bond motifs is 1. The van der Waals surface area contributed by atoms with Crippen LogP contribution in [-0.4, -0.2) is 18.9 Å². The minimum Gasteiger partial charge on any atom is -0.496 e. The predicted molar refractivity (Wildman–Crippen MR) is 87.7 cm³/mol. The second-order valence-electron chi connectivity index (χ2n) is 5.24. The summed E-state index contributed by atoms with van der Waals surface area (Å²) in [4.78, 5) is 1.38. The molecule has 0 radical (unpaired) electrons. The van der Waals surface area contributed by atoms with E-state index in [1.807, 2.05) is 30.0 Å². The maximum absolute atomic E-state index is 5.85.